The van der Waals surface area contributed by atoms with Crippen molar-refractivity contribution in [3.05, 3.63) is 29.4 Å². The first-order chi connectivity index (χ1) is 12.1. The fourth-order valence-corrected chi connectivity index (χ4v) is 3.37. The van der Waals surface area contributed by atoms with E-state index in [4.69, 9.17) is 0 Å². The Morgan fingerprint density at radius 1 is 1.52 bits per heavy atom. The Morgan fingerprint density at radius 2 is 2.32 bits per heavy atom. The number of aromatic nitrogens is 2. The molecule has 1 aliphatic carbocycles. The third-order valence-electron chi connectivity index (χ3n) is 3.71. The maximum Gasteiger partial charge on any atom is 0.233 e. The Morgan fingerprint density at radius 3 is 2.88 bits per heavy atom. The van der Waals surface area contributed by atoms with Crippen LogP contribution >= 0.6 is 23.5 Å². The predicted molar refractivity (Wildman–Crippen MR) is 94.4 cm³/mol. The van der Waals surface area contributed by atoms with Crippen molar-refractivity contribution in [3.8, 4) is 0 Å². The van der Waals surface area contributed by atoms with Crippen molar-refractivity contribution in [2.24, 2.45) is 5.29 Å². The van der Waals surface area contributed by atoms with Gasteiger partial charge in [0.25, 0.3) is 0 Å². The number of anilines is 3. The van der Waals surface area contributed by atoms with E-state index < -0.39 is 12.2 Å². The first-order valence-electron chi connectivity index (χ1n) is 7.33. The van der Waals surface area contributed by atoms with Crippen molar-refractivity contribution < 1.29 is 9.60 Å². The highest BCUT2D eigenvalue weighted by Gasteiger charge is 2.44. The lowest BCUT2D eigenvalue weighted by molar-refractivity contribution is -0.0512. The number of hydrogen-bond acceptors (Lipinski definition) is 10. The van der Waals surface area contributed by atoms with Gasteiger partial charge in [-0.1, -0.05) is 4.58 Å². The summed E-state index contributed by atoms with van der Waals surface area (Å²) in [5, 5.41) is 17.4. The molecule has 3 N–H and O–H groups in total. The summed E-state index contributed by atoms with van der Waals surface area (Å²) in [5.74, 6) is 0. The minimum Gasteiger partial charge on any atom is -0.386 e. The van der Waals surface area contributed by atoms with Crippen LogP contribution in [-0.2, 0) is 0 Å². The zero-order valence-electron chi connectivity index (χ0n) is 13.2. The van der Waals surface area contributed by atoms with Gasteiger partial charge >= 0.3 is 0 Å². The zero-order valence-corrected chi connectivity index (χ0v) is 14.8. The molecular formula is C13H16FN7O2S2. The van der Waals surface area contributed by atoms with Crippen LogP contribution in [0.4, 0.5) is 20.9 Å². The smallest absolute Gasteiger partial charge is 0.233 e. The number of nitrogens with one attached hydrogen (secondary N) is 2. The highest BCUT2D eigenvalue weighted by molar-refractivity contribution is 7.96. The standard InChI is InChI=1S/C13H16FN7O2S2/c1-15-10-3-2-9(25-21(23)18-13(7-14)4-5-13)6-11(10)20(19-22)12-16-8-17-24-12/h2-3,6,8,15,18,23H,4-5,7H2,1H3. The van der Waals surface area contributed by atoms with Gasteiger partial charge in [0.2, 0.25) is 5.13 Å². The second-order valence-electron chi connectivity index (χ2n) is 5.44. The quantitative estimate of drug-likeness (QED) is 0.341. The normalized spacial score (nSPS) is 15.2. The van der Waals surface area contributed by atoms with E-state index in [1.54, 1.807) is 25.2 Å². The Balaban J connectivity index is 1.81. The summed E-state index contributed by atoms with van der Waals surface area (Å²) in [6, 6.07) is 5.16. The summed E-state index contributed by atoms with van der Waals surface area (Å²) >= 11 is 2.00. The summed E-state index contributed by atoms with van der Waals surface area (Å²) in [4.78, 5) is 15.9. The van der Waals surface area contributed by atoms with Gasteiger partial charge in [-0.2, -0.15) is 9.38 Å². The molecule has 0 bridgehead atoms. The van der Waals surface area contributed by atoms with Crippen molar-refractivity contribution in [3.63, 3.8) is 0 Å². The van der Waals surface area contributed by atoms with E-state index in [0.29, 0.717) is 34.2 Å². The molecule has 0 spiro atoms. The average molecular weight is 385 g/mol. The zero-order chi connectivity index (χ0) is 17.9. The average Bonchev–Trinajstić information content (AvgIpc) is 3.17. The Kier molecular flexibility index (Phi) is 5.44. The lowest BCUT2D eigenvalue weighted by Crippen LogP contribution is -2.42. The first-order valence-corrected chi connectivity index (χ1v) is 8.88. The van der Waals surface area contributed by atoms with Crippen LogP contribution in [-0.4, -0.2) is 38.4 Å². The van der Waals surface area contributed by atoms with Gasteiger partial charge in [0.1, 0.15) is 13.0 Å². The van der Waals surface area contributed by atoms with Gasteiger partial charge in [0.15, 0.2) is 0 Å². The Labute approximate surface area is 151 Å². The van der Waals surface area contributed by atoms with Crippen LogP contribution in [0.5, 0.6) is 0 Å². The van der Waals surface area contributed by atoms with E-state index in [1.807, 2.05) is 0 Å². The predicted octanol–water partition coefficient (Wildman–Crippen LogP) is 3.10. The molecule has 0 amide bonds. The maximum atomic E-state index is 12.9. The largest absolute Gasteiger partial charge is 0.386 e. The maximum absolute atomic E-state index is 12.9. The molecule has 2 aromatic rings. The van der Waals surface area contributed by atoms with E-state index >= 15 is 0 Å². The van der Waals surface area contributed by atoms with Gasteiger partial charge in [-0.15, -0.1) is 4.91 Å². The molecule has 1 aliphatic rings. The van der Waals surface area contributed by atoms with Crippen LogP contribution < -0.4 is 15.8 Å². The highest BCUT2D eigenvalue weighted by Crippen LogP contribution is 2.39. The Bertz CT molecular complexity index is 729. The molecule has 0 unspecified atom stereocenters. The second-order valence-corrected chi connectivity index (χ2v) is 7.19. The van der Waals surface area contributed by atoms with Crippen molar-refractivity contribution in [2.75, 3.05) is 24.0 Å². The van der Waals surface area contributed by atoms with E-state index in [-0.39, 0.29) is 0 Å². The number of benzene rings is 1. The number of rotatable bonds is 9. The molecule has 1 saturated carbocycles. The number of hydrogen-bond donors (Lipinski definition) is 3. The lowest BCUT2D eigenvalue weighted by atomic mass is 10.2. The fraction of sp³-hybridized carbons (Fsp3) is 0.385. The molecule has 1 fully saturated rings. The molecule has 25 heavy (non-hydrogen) atoms. The first kappa shape index (κ1) is 17.9. The fourth-order valence-electron chi connectivity index (χ4n) is 2.15. The van der Waals surface area contributed by atoms with Gasteiger partial charge in [0.05, 0.1) is 22.2 Å². The molecular weight excluding hydrogens is 369 g/mol. The number of hydrazine groups is 1. The number of halogens is 1. The third kappa shape index (κ3) is 4.04. The summed E-state index contributed by atoms with van der Waals surface area (Å²) in [6.45, 7) is -0.547. The van der Waals surface area contributed by atoms with Crippen molar-refractivity contribution >= 4 is 40.0 Å². The topological polar surface area (TPSA) is 106 Å². The van der Waals surface area contributed by atoms with Crippen molar-refractivity contribution in [2.45, 2.75) is 23.3 Å². The molecule has 0 atom stereocenters. The van der Waals surface area contributed by atoms with Gasteiger partial charge in [-0.3, -0.25) is 5.21 Å². The molecule has 12 heteroatoms. The minimum atomic E-state index is -0.668. The SMILES string of the molecule is CNc1ccc(SN(O)NC2(CF)CC2)cc1N(N=O)c1ncns1. The molecule has 1 heterocycles. The molecule has 1 aromatic carbocycles. The van der Waals surface area contributed by atoms with E-state index in [2.05, 4.69) is 25.4 Å². The summed E-state index contributed by atoms with van der Waals surface area (Å²) in [5.41, 5.74) is 3.17. The number of nitroso groups, excluding NO2 is 1. The summed E-state index contributed by atoms with van der Waals surface area (Å²) in [6.07, 6.45) is 2.68. The van der Waals surface area contributed by atoms with Crippen LogP contribution in [0.25, 0.3) is 0 Å². The van der Waals surface area contributed by atoms with Crippen molar-refractivity contribution in [1.29, 1.82) is 0 Å². The van der Waals surface area contributed by atoms with Gasteiger partial charge < -0.3 is 5.32 Å². The minimum absolute atomic E-state index is 0.321. The van der Waals surface area contributed by atoms with Crippen LogP contribution in [0, 0.1) is 4.91 Å². The molecule has 1 aromatic heterocycles. The van der Waals surface area contributed by atoms with Crippen LogP contribution in [0.15, 0.2) is 34.7 Å². The van der Waals surface area contributed by atoms with Crippen LogP contribution in [0.2, 0.25) is 0 Å². The van der Waals surface area contributed by atoms with E-state index in [1.165, 1.54) is 6.33 Å². The van der Waals surface area contributed by atoms with Crippen LogP contribution in [0.1, 0.15) is 12.8 Å². The van der Waals surface area contributed by atoms with E-state index in [9.17, 15) is 14.5 Å². The second kappa shape index (κ2) is 7.58. The van der Waals surface area contributed by atoms with Crippen LogP contribution in [0.3, 0.4) is 0 Å². The molecule has 0 radical (unpaired) electrons. The molecule has 0 aliphatic heterocycles. The Hall–Kier alpha value is -1.86. The summed E-state index contributed by atoms with van der Waals surface area (Å²) < 4.78 is 17.6. The van der Waals surface area contributed by atoms with Gasteiger partial charge in [-0.25, -0.2) is 14.8 Å². The lowest BCUT2D eigenvalue weighted by Gasteiger charge is -2.21. The van der Waals surface area contributed by atoms with Gasteiger partial charge in [0, 0.05) is 35.4 Å². The number of alkyl halides is 1. The molecule has 0 saturated heterocycles. The monoisotopic (exact) mass is 385 g/mol. The summed E-state index contributed by atoms with van der Waals surface area (Å²) in [7, 11) is 1.72. The van der Waals surface area contributed by atoms with Crippen molar-refractivity contribution in [1.82, 2.24) is 19.4 Å². The molecule has 3 rings (SSSR count). The number of nitrogens with zero attached hydrogens (tertiary/aromatic N) is 5. The highest BCUT2D eigenvalue weighted by atomic mass is 32.2. The molecule has 134 valence electrons. The molecule has 9 nitrogen and oxygen atoms in total. The third-order valence-corrected chi connectivity index (χ3v) is 5.08. The van der Waals surface area contributed by atoms with Gasteiger partial charge in [-0.05, 0) is 31.0 Å². The van der Waals surface area contributed by atoms with E-state index in [0.717, 1.165) is 33.1 Å².